The van der Waals surface area contributed by atoms with Crippen molar-refractivity contribution in [1.82, 2.24) is 0 Å². The lowest BCUT2D eigenvalue weighted by Crippen LogP contribution is -2.40. The minimum atomic E-state index is -3.54. The van der Waals surface area contributed by atoms with Crippen molar-refractivity contribution in [3.05, 3.63) is 42.5 Å². The second-order valence-electron chi connectivity index (χ2n) is 3.86. The van der Waals surface area contributed by atoms with Crippen LogP contribution in [0.25, 0.3) is 10.8 Å². The molecule has 4 nitrogen and oxygen atoms in total. The minimum absolute atomic E-state index is 0.186. The molecule has 0 radical (unpaired) electrons. The third-order valence-corrected chi connectivity index (χ3v) is 3.87. The molecule has 0 amide bonds. The van der Waals surface area contributed by atoms with Gasteiger partial charge in [0.15, 0.2) is 5.11 Å². The molecule has 0 spiro atoms. The Hall–Kier alpha value is -1.66. The molecule has 0 aromatic heterocycles. The van der Waals surface area contributed by atoms with Gasteiger partial charge in [-0.05, 0) is 23.7 Å². The number of hydrogen-bond donors (Lipinski definition) is 1. The third-order valence-electron chi connectivity index (χ3n) is 2.52. The summed E-state index contributed by atoms with van der Waals surface area (Å²) in [5, 5.41) is 1.53. The fraction of sp³-hybridized carbons (Fsp3) is 0.0833. The van der Waals surface area contributed by atoms with Gasteiger partial charge in [-0.1, -0.05) is 36.4 Å². The highest BCUT2D eigenvalue weighted by Gasteiger charge is 2.21. The highest BCUT2D eigenvalue weighted by molar-refractivity contribution is 7.94. The Morgan fingerprint density at radius 3 is 2.39 bits per heavy atom. The second kappa shape index (κ2) is 4.55. The van der Waals surface area contributed by atoms with Crippen molar-refractivity contribution in [2.24, 2.45) is 5.73 Å². The van der Waals surface area contributed by atoms with Crippen LogP contribution in [0.2, 0.25) is 0 Å². The van der Waals surface area contributed by atoms with E-state index in [0.717, 1.165) is 21.3 Å². The topological polar surface area (TPSA) is 63.4 Å². The monoisotopic (exact) mass is 280 g/mol. The summed E-state index contributed by atoms with van der Waals surface area (Å²) in [6.07, 6.45) is 1.08. The first-order chi connectivity index (χ1) is 8.41. The standard InChI is InChI=1S/C12H12N2O2S2/c1-18(15,16)14(12(13)17)11-8-4-6-9-5-2-3-7-10(9)11/h2-8H,1H3,(H2,13,17). The summed E-state index contributed by atoms with van der Waals surface area (Å²) in [6.45, 7) is 0. The van der Waals surface area contributed by atoms with E-state index in [4.69, 9.17) is 18.0 Å². The van der Waals surface area contributed by atoms with Gasteiger partial charge in [0.1, 0.15) is 0 Å². The smallest absolute Gasteiger partial charge is 0.238 e. The normalized spacial score (nSPS) is 11.4. The summed E-state index contributed by atoms with van der Waals surface area (Å²) >= 11 is 4.83. The molecular weight excluding hydrogens is 268 g/mol. The van der Waals surface area contributed by atoms with Crippen LogP contribution in [0.5, 0.6) is 0 Å². The van der Waals surface area contributed by atoms with Gasteiger partial charge in [-0.25, -0.2) is 12.7 Å². The van der Waals surface area contributed by atoms with E-state index in [2.05, 4.69) is 0 Å². The Kier molecular flexibility index (Phi) is 3.23. The van der Waals surface area contributed by atoms with Crippen LogP contribution in [0.15, 0.2) is 42.5 Å². The molecule has 94 valence electrons. The van der Waals surface area contributed by atoms with Gasteiger partial charge in [-0.15, -0.1) is 0 Å². The molecule has 0 aliphatic carbocycles. The minimum Gasteiger partial charge on any atom is -0.375 e. The van der Waals surface area contributed by atoms with E-state index in [1.165, 1.54) is 0 Å². The molecule has 0 atom stereocenters. The van der Waals surface area contributed by atoms with Crippen molar-refractivity contribution in [3.63, 3.8) is 0 Å². The fourth-order valence-electron chi connectivity index (χ4n) is 1.85. The summed E-state index contributed by atoms with van der Waals surface area (Å²) in [5.41, 5.74) is 6.00. The van der Waals surface area contributed by atoms with Gasteiger partial charge in [-0.2, -0.15) is 0 Å². The number of rotatable bonds is 2. The van der Waals surface area contributed by atoms with E-state index in [1.54, 1.807) is 12.1 Å². The van der Waals surface area contributed by atoms with Gasteiger partial charge < -0.3 is 5.73 Å². The Morgan fingerprint density at radius 1 is 1.17 bits per heavy atom. The van der Waals surface area contributed by atoms with Crippen LogP contribution in [0.4, 0.5) is 5.69 Å². The number of fused-ring (bicyclic) bond motifs is 1. The third kappa shape index (κ3) is 2.30. The molecule has 0 bridgehead atoms. The van der Waals surface area contributed by atoms with E-state index in [1.807, 2.05) is 30.3 Å². The highest BCUT2D eigenvalue weighted by atomic mass is 32.2. The van der Waals surface area contributed by atoms with E-state index >= 15 is 0 Å². The summed E-state index contributed by atoms with van der Waals surface area (Å²) in [4.78, 5) is 0. The van der Waals surface area contributed by atoms with Crippen LogP contribution in [-0.4, -0.2) is 19.8 Å². The second-order valence-corrected chi connectivity index (χ2v) is 6.11. The predicted octanol–water partition coefficient (Wildman–Crippen LogP) is 1.85. The maximum absolute atomic E-state index is 11.8. The molecule has 6 heteroatoms. The molecule has 0 aliphatic rings. The van der Waals surface area contributed by atoms with Gasteiger partial charge in [-0.3, -0.25) is 0 Å². The predicted molar refractivity (Wildman–Crippen MR) is 78.1 cm³/mol. The van der Waals surface area contributed by atoms with E-state index in [0.29, 0.717) is 5.69 Å². The molecule has 2 rings (SSSR count). The van der Waals surface area contributed by atoms with Crippen molar-refractivity contribution in [3.8, 4) is 0 Å². The van der Waals surface area contributed by atoms with Gasteiger partial charge in [0.05, 0.1) is 11.9 Å². The maximum Gasteiger partial charge on any atom is 0.238 e. The summed E-state index contributed by atoms with van der Waals surface area (Å²) in [7, 11) is -3.54. The average molecular weight is 280 g/mol. The zero-order chi connectivity index (χ0) is 13.3. The van der Waals surface area contributed by atoms with Crippen LogP contribution in [0, 0.1) is 0 Å². The number of nitrogens with two attached hydrogens (primary N) is 1. The van der Waals surface area contributed by atoms with Gasteiger partial charge in [0, 0.05) is 5.39 Å². The number of sulfonamides is 1. The molecule has 2 aromatic rings. The van der Waals surface area contributed by atoms with Crippen molar-refractivity contribution in [1.29, 1.82) is 0 Å². The summed E-state index contributed by atoms with van der Waals surface area (Å²) < 4.78 is 24.5. The fourth-order valence-corrected chi connectivity index (χ4v) is 3.19. The molecule has 0 saturated carbocycles. The van der Waals surface area contributed by atoms with Crippen molar-refractivity contribution >= 4 is 43.8 Å². The van der Waals surface area contributed by atoms with E-state index < -0.39 is 10.0 Å². The molecule has 18 heavy (non-hydrogen) atoms. The number of anilines is 1. The molecule has 2 N–H and O–H groups in total. The zero-order valence-electron chi connectivity index (χ0n) is 9.70. The average Bonchev–Trinajstić information content (AvgIpc) is 2.27. The Morgan fingerprint density at radius 2 is 1.78 bits per heavy atom. The van der Waals surface area contributed by atoms with Crippen LogP contribution in [0.1, 0.15) is 0 Å². The molecular formula is C12H12N2O2S2. The van der Waals surface area contributed by atoms with Crippen LogP contribution < -0.4 is 10.0 Å². The molecule has 0 aliphatic heterocycles. The Bertz CT molecular complexity index is 706. The van der Waals surface area contributed by atoms with Crippen LogP contribution in [0.3, 0.4) is 0 Å². The number of hydrogen-bond acceptors (Lipinski definition) is 3. The lowest BCUT2D eigenvalue weighted by molar-refractivity contribution is 0.603. The highest BCUT2D eigenvalue weighted by Crippen LogP contribution is 2.28. The molecule has 0 heterocycles. The Labute approximate surface area is 111 Å². The first-order valence-corrected chi connectivity index (χ1v) is 7.44. The first kappa shape index (κ1) is 12.8. The number of thiocarbonyl (C=S) groups is 1. The van der Waals surface area contributed by atoms with Gasteiger partial charge >= 0.3 is 0 Å². The van der Waals surface area contributed by atoms with Crippen molar-refractivity contribution < 1.29 is 8.42 Å². The molecule has 0 unspecified atom stereocenters. The lowest BCUT2D eigenvalue weighted by atomic mass is 10.1. The van der Waals surface area contributed by atoms with Crippen molar-refractivity contribution in [2.75, 3.05) is 10.6 Å². The Balaban J connectivity index is 2.77. The maximum atomic E-state index is 11.8. The summed E-state index contributed by atoms with van der Waals surface area (Å²) in [5.74, 6) is 0. The molecule has 2 aromatic carbocycles. The quantitative estimate of drug-likeness (QED) is 0.853. The molecule has 0 saturated heterocycles. The van der Waals surface area contributed by atoms with Crippen LogP contribution in [-0.2, 0) is 10.0 Å². The van der Waals surface area contributed by atoms with Crippen molar-refractivity contribution in [2.45, 2.75) is 0 Å². The van der Waals surface area contributed by atoms with Gasteiger partial charge in [0.25, 0.3) is 0 Å². The summed E-state index contributed by atoms with van der Waals surface area (Å²) in [6, 6.07) is 12.8. The van der Waals surface area contributed by atoms with E-state index in [-0.39, 0.29) is 5.11 Å². The largest absolute Gasteiger partial charge is 0.375 e. The van der Waals surface area contributed by atoms with E-state index in [9.17, 15) is 8.42 Å². The lowest BCUT2D eigenvalue weighted by Gasteiger charge is -2.21. The first-order valence-electron chi connectivity index (χ1n) is 5.19. The van der Waals surface area contributed by atoms with Crippen LogP contribution >= 0.6 is 12.2 Å². The SMILES string of the molecule is CS(=O)(=O)N(C(N)=S)c1cccc2ccccc12. The molecule has 0 fully saturated rings. The number of benzene rings is 2. The van der Waals surface area contributed by atoms with Gasteiger partial charge in [0.2, 0.25) is 10.0 Å². The zero-order valence-corrected chi connectivity index (χ0v) is 11.3. The number of nitrogens with zero attached hydrogens (tertiary/aromatic N) is 1.